The summed E-state index contributed by atoms with van der Waals surface area (Å²) in [4.78, 5) is 12.2. The van der Waals surface area contributed by atoms with Crippen LogP contribution in [-0.2, 0) is 0 Å². The van der Waals surface area contributed by atoms with Gasteiger partial charge in [0.05, 0.1) is 11.6 Å². The SMILES string of the molecule is Cc1ccc(OCC(C)NC(=O)c2ccccc2I)cc1. The average Bonchev–Trinajstić information content (AvgIpc) is 2.47. The molecule has 2 aromatic rings. The van der Waals surface area contributed by atoms with Crippen molar-refractivity contribution in [2.45, 2.75) is 19.9 Å². The van der Waals surface area contributed by atoms with Crippen LogP contribution >= 0.6 is 22.6 Å². The summed E-state index contributed by atoms with van der Waals surface area (Å²) in [5.41, 5.74) is 1.89. The molecule has 0 aliphatic carbocycles. The molecule has 0 aliphatic rings. The lowest BCUT2D eigenvalue weighted by atomic mass is 10.2. The van der Waals surface area contributed by atoms with Crippen molar-refractivity contribution in [1.29, 1.82) is 0 Å². The molecule has 0 saturated carbocycles. The van der Waals surface area contributed by atoms with Crippen molar-refractivity contribution in [3.8, 4) is 5.75 Å². The van der Waals surface area contributed by atoms with Crippen LogP contribution in [-0.4, -0.2) is 18.6 Å². The fraction of sp³-hybridized carbons (Fsp3) is 0.235. The zero-order valence-corrected chi connectivity index (χ0v) is 14.3. The van der Waals surface area contributed by atoms with Crippen molar-refractivity contribution in [1.82, 2.24) is 5.32 Å². The lowest BCUT2D eigenvalue weighted by molar-refractivity contribution is 0.0926. The van der Waals surface area contributed by atoms with E-state index in [1.807, 2.05) is 62.4 Å². The molecular formula is C17H18INO2. The summed E-state index contributed by atoms with van der Waals surface area (Å²) in [6, 6.07) is 15.3. The Labute approximate surface area is 138 Å². The molecule has 0 heterocycles. The minimum atomic E-state index is -0.0694. The van der Waals surface area contributed by atoms with Crippen LogP contribution in [0.25, 0.3) is 0 Å². The van der Waals surface area contributed by atoms with Crippen LogP contribution in [0.3, 0.4) is 0 Å². The first-order chi connectivity index (χ1) is 10.1. The van der Waals surface area contributed by atoms with Crippen molar-refractivity contribution in [3.05, 3.63) is 63.2 Å². The van der Waals surface area contributed by atoms with Crippen molar-refractivity contribution in [2.24, 2.45) is 0 Å². The van der Waals surface area contributed by atoms with E-state index in [0.29, 0.717) is 12.2 Å². The van der Waals surface area contributed by atoms with Gasteiger partial charge in [0.1, 0.15) is 12.4 Å². The summed E-state index contributed by atoms with van der Waals surface area (Å²) in [5, 5.41) is 2.95. The van der Waals surface area contributed by atoms with Crippen molar-refractivity contribution < 1.29 is 9.53 Å². The van der Waals surface area contributed by atoms with Gasteiger partial charge in [0.25, 0.3) is 5.91 Å². The number of hydrogen-bond acceptors (Lipinski definition) is 2. The Balaban J connectivity index is 1.87. The molecule has 0 radical (unpaired) electrons. The highest BCUT2D eigenvalue weighted by Gasteiger charge is 2.12. The average molecular weight is 395 g/mol. The molecule has 0 fully saturated rings. The molecule has 4 heteroatoms. The van der Waals surface area contributed by atoms with E-state index in [-0.39, 0.29) is 11.9 Å². The number of amides is 1. The predicted molar refractivity (Wildman–Crippen MR) is 92.8 cm³/mol. The van der Waals surface area contributed by atoms with E-state index in [0.717, 1.165) is 9.32 Å². The topological polar surface area (TPSA) is 38.3 Å². The first-order valence-electron chi connectivity index (χ1n) is 6.81. The van der Waals surface area contributed by atoms with Gasteiger partial charge in [-0.25, -0.2) is 0 Å². The lowest BCUT2D eigenvalue weighted by Crippen LogP contribution is -2.37. The molecule has 1 atom stereocenters. The standard InChI is InChI=1S/C17H18INO2/c1-12-7-9-14(10-8-12)21-11-13(2)19-17(20)15-5-3-4-6-16(15)18/h3-10,13H,11H2,1-2H3,(H,19,20). The molecule has 0 bridgehead atoms. The third-order valence-corrected chi connectivity index (χ3v) is 3.96. The summed E-state index contributed by atoms with van der Waals surface area (Å²) >= 11 is 2.16. The molecule has 110 valence electrons. The number of nitrogens with one attached hydrogen (secondary N) is 1. The maximum Gasteiger partial charge on any atom is 0.252 e. The number of carbonyl (C=O) groups excluding carboxylic acids is 1. The highest BCUT2D eigenvalue weighted by molar-refractivity contribution is 14.1. The van der Waals surface area contributed by atoms with Gasteiger partial charge in [-0.15, -0.1) is 0 Å². The van der Waals surface area contributed by atoms with E-state index >= 15 is 0 Å². The zero-order chi connectivity index (χ0) is 15.2. The molecular weight excluding hydrogens is 377 g/mol. The molecule has 2 aromatic carbocycles. The molecule has 0 aliphatic heterocycles. The Morgan fingerprint density at radius 2 is 1.86 bits per heavy atom. The van der Waals surface area contributed by atoms with E-state index in [1.54, 1.807) is 0 Å². The van der Waals surface area contributed by atoms with Crippen molar-refractivity contribution in [2.75, 3.05) is 6.61 Å². The van der Waals surface area contributed by atoms with E-state index in [1.165, 1.54) is 5.56 Å². The van der Waals surface area contributed by atoms with Crippen molar-refractivity contribution >= 4 is 28.5 Å². The van der Waals surface area contributed by atoms with E-state index in [4.69, 9.17) is 4.74 Å². The Morgan fingerprint density at radius 1 is 1.19 bits per heavy atom. The number of carbonyl (C=O) groups is 1. The van der Waals surface area contributed by atoms with Crippen LogP contribution in [0, 0.1) is 10.5 Å². The Kier molecular flexibility index (Phi) is 5.61. The van der Waals surface area contributed by atoms with Gasteiger partial charge in [-0.2, -0.15) is 0 Å². The smallest absolute Gasteiger partial charge is 0.252 e. The molecule has 1 amide bonds. The Morgan fingerprint density at radius 3 is 2.52 bits per heavy atom. The molecule has 0 aromatic heterocycles. The van der Waals surface area contributed by atoms with Gasteiger partial charge < -0.3 is 10.1 Å². The van der Waals surface area contributed by atoms with Crippen LogP contribution in [0.15, 0.2) is 48.5 Å². The maximum absolute atomic E-state index is 12.2. The van der Waals surface area contributed by atoms with Gasteiger partial charge in [0.2, 0.25) is 0 Å². The monoisotopic (exact) mass is 395 g/mol. The summed E-state index contributed by atoms with van der Waals surface area (Å²) < 4.78 is 6.62. The summed E-state index contributed by atoms with van der Waals surface area (Å²) in [6.45, 7) is 4.41. The second-order valence-electron chi connectivity index (χ2n) is 4.98. The third kappa shape index (κ3) is 4.74. The van der Waals surface area contributed by atoms with Gasteiger partial charge in [0.15, 0.2) is 0 Å². The minimum absolute atomic E-state index is 0.0604. The number of halogens is 1. The van der Waals surface area contributed by atoms with E-state index in [2.05, 4.69) is 27.9 Å². The molecule has 2 rings (SSSR count). The normalized spacial score (nSPS) is 11.8. The number of hydrogen-bond donors (Lipinski definition) is 1. The van der Waals surface area contributed by atoms with Crippen molar-refractivity contribution in [3.63, 3.8) is 0 Å². The predicted octanol–water partition coefficient (Wildman–Crippen LogP) is 3.80. The fourth-order valence-electron chi connectivity index (χ4n) is 1.84. The van der Waals surface area contributed by atoms with Gasteiger partial charge >= 0.3 is 0 Å². The molecule has 0 saturated heterocycles. The molecule has 3 nitrogen and oxygen atoms in total. The first kappa shape index (κ1) is 15.8. The largest absolute Gasteiger partial charge is 0.491 e. The van der Waals surface area contributed by atoms with Gasteiger partial charge in [0, 0.05) is 3.57 Å². The summed E-state index contributed by atoms with van der Waals surface area (Å²) in [7, 11) is 0. The lowest BCUT2D eigenvalue weighted by Gasteiger charge is -2.15. The van der Waals surface area contributed by atoms with Crippen LogP contribution in [0.4, 0.5) is 0 Å². The van der Waals surface area contributed by atoms with Crippen LogP contribution in [0.1, 0.15) is 22.8 Å². The Hall–Kier alpha value is -1.56. The number of aryl methyl sites for hydroxylation is 1. The van der Waals surface area contributed by atoms with Crippen LogP contribution in [0.2, 0.25) is 0 Å². The second-order valence-corrected chi connectivity index (χ2v) is 6.14. The third-order valence-electron chi connectivity index (χ3n) is 3.02. The molecule has 1 N–H and O–H groups in total. The number of rotatable bonds is 5. The Bertz CT molecular complexity index is 610. The maximum atomic E-state index is 12.2. The van der Waals surface area contributed by atoms with Crippen LogP contribution < -0.4 is 10.1 Å². The van der Waals surface area contributed by atoms with Gasteiger partial charge in [-0.05, 0) is 60.7 Å². The first-order valence-corrected chi connectivity index (χ1v) is 7.89. The van der Waals surface area contributed by atoms with E-state index < -0.39 is 0 Å². The second kappa shape index (κ2) is 7.45. The zero-order valence-electron chi connectivity index (χ0n) is 12.1. The quantitative estimate of drug-likeness (QED) is 0.783. The highest BCUT2D eigenvalue weighted by Crippen LogP contribution is 2.13. The molecule has 21 heavy (non-hydrogen) atoms. The van der Waals surface area contributed by atoms with E-state index in [9.17, 15) is 4.79 Å². The highest BCUT2D eigenvalue weighted by atomic mass is 127. The van der Waals surface area contributed by atoms with Gasteiger partial charge in [-0.3, -0.25) is 4.79 Å². The van der Waals surface area contributed by atoms with Gasteiger partial charge in [-0.1, -0.05) is 29.8 Å². The number of ether oxygens (including phenoxy) is 1. The molecule has 1 unspecified atom stereocenters. The number of benzene rings is 2. The molecule has 0 spiro atoms. The fourth-order valence-corrected chi connectivity index (χ4v) is 2.48. The summed E-state index contributed by atoms with van der Waals surface area (Å²) in [5.74, 6) is 0.746. The van der Waals surface area contributed by atoms with Crippen LogP contribution in [0.5, 0.6) is 5.75 Å². The summed E-state index contributed by atoms with van der Waals surface area (Å²) in [6.07, 6.45) is 0. The minimum Gasteiger partial charge on any atom is -0.491 e.